The third-order valence-electron chi connectivity index (χ3n) is 4.94. The second kappa shape index (κ2) is 15.4. The van der Waals surface area contributed by atoms with Gasteiger partial charge in [-0.1, -0.05) is 46.6 Å². The van der Waals surface area contributed by atoms with Gasteiger partial charge in [-0.25, -0.2) is 9.59 Å². The zero-order chi connectivity index (χ0) is 21.5. The smallest absolute Gasteiger partial charge is 0.407 e. The molecule has 0 fully saturated rings. The van der Waals surface area contributed by atoms with E-state index >= 15 is 0 Å². The minimum atomic E-state index is -0.488. The lowest BCUT2D eigenvalue weighted by Crippen LogP contribution is -2.31. The van der Waals surface area contributed by atoms with Gasteiger partial charge in [-0.3, -0.25) is 0 Å². The van der Waals surface area contributed by atoms with Crippen LogP contribution in [0.25, 0.3) is 0 Å². The molecule has 164 valence electrons. The minimum Gasteiger partial charge on any atom is -0.460 e. The number of hydrogen-bond donors (Lipinski definition) is 2. The molecule has 28 heavy (non-hydrogen) atoms. The number of carbonyl (C=O) groups excluding carboxylic acids is 2. The molecule has 0 bridgehead atoms. The summed E-state index contributed by atoms with van der Waals surface area (Å²) in [6.45, 7) is 14.2. The number of carbonyl (C=O) groups is 2. The molecule has 0 saturated carbocycles. The molecule has 0 aromatic rings. The molecule has 4 unspecified atom stereocenters. The Bertz CT molecular complexity index is 466. The van der Waals surface area contributed by atoms with E-state index in [0.717, 1.165) is 25.7 Å². The highest BCUT2D eigenvalue weighted by Crippen LogP contribution is 2.22. The van der Waals surface area contributed by atoms with Gasteiger partial charge in [-0.2, -0.15) is 0 Å². The Morgan fingerprint density at radius 3 is 1.93 bits per heavy atom. The minimum absolute atomic E-state index is 0.0987. The second-order valence-corrected chi connectivity index (χ2v) is 8.29. The first-order valence-corrected chi connectivity index (χ1v) is 10.5. The monoisotopic (exact) mass is 399 g/mol. The molecule has 0 radical (unpaired) electrons. The van der Waals surface area contributed by atoms with E-state index in [1.54, 1.807) is 6.92 Å². The molecule has 6 nitrogen and oxygen atoms in total. The zero-order valence-electron chi connectivity index (χ0n) is 18.5. The van der Waals surface area contributed by atoms with E-state index in [0.29, 0.717) is 23.3 Å². The largest absolute Gasteiger partial charge is 0.460 e. The van der Waals surface area contributed by atoms with Crippen molar-refractivity contribution in [3.63, 3.8) is 0 Å². The fraction of sp³-hybridized carbons (Fsp3) is 0.818. The first-order valence-electron chi connectivity index (χ1n) is 10.5. The Balaban J connectivity index is 3.80. The molecule has 0 aromatic heterocycles. The average Bonchev–Trinajstić information content (AvgIpc) is 2.65. The van der Waals surface area contributed by atoms with Crippen molar-refractivity contribution in [3.05, 3.63) is 12.2 Å². The molecule has 1 amide bonds. The van der Waals surface area contributed by atoms with Gasteiger partial charge in [0.15, 0.2) is 0 Å². The average molecular weight is 400 g/mol. The van der Waals surface area contributed by atoms with Gasteiger partial charge in [0.25, 0.3) is 0 Å². The second-order valence-electron chi connectivity index (χ2n) is 8.29. The maximum absolute atomic E-state index is 11.7. The van der Waals surface area contributed by atoms with Crippen LogP contribution in [-0.4, -0.2) is 43.0 Å². The van der Waals surface area contributed by atoms with Crippen molar-refractivity contribution < 1.29 is 24.2 Å². The van der Waals surface area contributed by atoms with Crippen LogP contribution in [-0.2, 0) is 14.3 Å². The van der Waals surface area contributed by atoms with Gasteiger partial charge >= 0.3 is 12.1 Å². The summed E-state index contributed by atoms with van der Waals surface area (Å²) in [5.41, 5.74) is 0.333. The van der Waals surface area contributed by atoms with E-state index in [1.165, 1.54) is 12.8 Å². The summed E-state index contributed by atoms with van der Waals surface area (Å²) < 4.78 is 10.2. The summed E-state index contributed by atoms with van der Waals surface area (Å²) >= 11 is 0. The van der Waals surface area contributed by atoms with Crippen molar-refractivity contribution in [2.45, 2.75) is 79.2 Å². The summed E-state index contributed by atoms with van der Waals surface area (Å²) in [7, 11) is 0. The van der Waals surface area contributed by atoms with E-state index < -0.39 is 12.1 Å². The highest BCUT2D eigenvalue weighted by molar-refractivity contribution is 5.86. The lowest BCUT2D eigenvalue weighted by molar-refractivity contribution is -0.138. The summed E-state index contributed by atoms with van der Waals surface area (Å²) in [5.74, 6) is 1.19. The van der Waals surface area contributed by atoms with Crippen LogP contribution in [0.4, 0.5) is 4.79 Å². The van der Waals surface area contributed by atoms with Gasteiger partial charge in [0.2, 0.25) is 0 Å². The molecule has 0 aromatic carbocycles. The summed E-state index contributed by atoms with van der Waals surface area (Å²) in [5, 5.41) is 11.7. The Hall–Kier alpha value is -1.56. The van der Waals surface area contributed by atoms with Crippen LogP contribution in [0.1, 0.15) is 73.1 Å². The third kappa shape index (κ3) is 14.5. The fourth-order valence-corrected chi connectivity index (χ4v) is 2.74. The quantitative estimate of drug-likeness (QED) is 0.241. The van der Waals surface area contributed by atoms with Crippen LogP contribution in [0.5, 0.6) is 0 Å². The number of rotatable bonds is 15. The van der Waals surface area contributed by atoms with Crippen molar-refractivity contribution in [1.82, 2.24) is 5.32 Å². The van der Waals surface area contributed by atoms with Crippen molar-refractivity contribution in [1.29, 1.82) is 0 Å². The van der Waals surface area contributed by atoms with Crippen LogP contribution >= 0.6 is 0 Å². The fourth-order valence-electron chi connectivity index (χ4n) is 2.74. The number of alkyl carbamates (subject to hydrolysis) is 1. The molecule has 0 heterocycles. The van der Waals surface area contributed by atoms with Gasteiger partial charge in [-0.05, 0) is 50.9 Å². The van der Waals surface area contributed by atoms with Crippen molar-refractivity contribution in [2.75, 3.05) is 19.8 Å². The van der Waals surface area contributed by atoms with Crippen molar-refractivity contribution in [3.8, 4) is 0 Å². The van der Waals surface area contributed by atoms with Gasteiger partial charge in [0.1, 0.15) is 12.7 Å². The molecule has 0 aliphatic carbocycles. The van der Waals surface area contributed by atoms with Crippen LogP contribution in [0.2, 0.25) is 0 Å². The van der Waals surface area contributed by atoms with Gasteiger partial charge in [0, 0.05) is 12.2 Å². The number of esters is 1. The standard InChI is InChI=1S/C22H41NO5/c1-16(2)21(25)27-14-13-23-22(26)28-20(6)12-11-18(4)8-7-17(3)9-10-19(5)15-24/h17-20,24H,1,7-15H2,2-6H3,(H,23,26). The van der Waals surface area contributed by atoms with Crippen LogP contribution in [0, 0.1) is 17.8 Å². The van der Waals surface area contributed by atoms with Crippen LogP contribution in [0.3, 0.4) is 0 Å². The Kier molecular flexibility index (Phi) is 14.5. The molecule has 6 heteroatoms. The van der Waals surface area contributed by atoms with E-state index in [2.05, 4.69) is 32.7 Å². The number of amides is 1. The zero-order valence-corrected chi connectivity index (χ0v) is 18.5. The molecule has 0 aliphatic heterocycles. The Morgan fingerprint density at radius 1 is 0.929 bits per heavy atom. The number of aliphatic hydroxyl groups excluding tert-OH is 1. The molecule has 0 rings (SSSR count). The van der Waals surface area contributed by atoms with Crippen molar-refractivity contribution >= 4 is 12.1 Å². The van der Waals surface area contributed by atoms with Crippen molar-refractivity contribution in [2.24, 2.45) is 17.8 Å². The van der Waals surface area contributed by atoms with E-state index in [1.807, 2.05) is 6.92 Å². The maximum atomic E-state index is 11.7. The molecular formula is C22H41NO5. The van der Waals surface area contributed by atoms with Gasteiger partial charge < -0.3 is 19.9 Å². The summed E-state index contributed by atoms with van der Waals surface area (Å²) in [6, 6.07) is 0. The van der Waals surface area contributed by atoms with E-state index in [4.69, 9.17) is 14.6 Å². The van der Waals surface area contributed by atoms with E-state index in [-0.39, 0.29) is 25.9 Å². The molecule has 4 atom stereocenters. The number of nitrogens with one attached hydrogen (secondary N) is 1. The lowest BCUT2D eigenvalue weighted by atomic mass is 9.90. The third-order valence-corrected chi connectivity index (χ3v) is 4.94. The Labute approximate surface area is 171 Å². The summed E-state index contributed by atoms with van der Waals surface area (Å²) in [4.78, 5) is 22.9. The van der Waals surface area contributed by atoms with Crippen LogP contribution < -0.4 is 5.32 Å². The first-order chi connectivity index (χ1) is 13.1. The predicted octanol–water partition coefficient (Wildman–Crippen LogP) is 4.46. The number of hydrogen-bond acceptors (Lipinski definition) is 5. The summed E-state index contributed by atoms with van der Waals surface area (Å²) in [6.07, 6.45) is 5.81. The number of aliphatic hydroxyl groups is 1. The number of ether oxygens (including phenoxy) is 2. The maximum Gasteiger partial charge on any atom is 0.407 e. The van der Waals surface area contributed by atoms with Gasteiger partial charge in [-0.15, -0.1) is 0 Å². The van der Waals surface area contributed by atoms with E-state index in [9.17, 15) is 9.59 Å². The normalized spacial score (nSPS) is 15.2. The SMILES string of the molecule is C=C(C)C(=O)OCCNC(=O)OC(C)CCC(C)CCC(C)CCC(C)CO. The molecule has 0 saturated heterocycles. The molecule has 0 spiro atoms. The highest BCUT2D eigenvalue weighted by atomic mass is 16.6. The molecule has 2 N–H and O–H groups in total. The molecular weight excluding hydrogens is 358 g/mol. The van der Waals surface area contributed by atoms with Gasteiger partial charge in [0.05, 0.1) is 6.54 Å². The molecule has 0 aliphatic rings. The first kappa shape index (κ1) is 26.4. The van der Waals surface area contributed by atoms with Crippen LogP contribution in [0.15, 0.2) is 12.2 Å². The topological polar surface area (TPSA) is 84.9 Å². The lowest BCUT2D eigenvalue weighted by Gasteiger charge is -2.19. The predicted molar refractivity (Wildman–Crippen MR) is 112 cm³/mol. The Morgan fingerprint density at radius 2 is 1.43 bits per heavy atom. The highest BCUT2D eigenvalue weighted by Gasteiger charge is 2.13.